The fourth-order valence-corrected chi connectivity index (χ4v) is 2.76. The molecule has 2 rings (SSSR count). The zero-order valence-corrected chi connectivity index (χ0v) is 11.7. The minimum absolute atomic E-state index is 0.171. The minimum atomic E-state index is -0.528. The van der Waals surface area contributed by atoms with Gasteiger partial charge in [-0.15, -0.1) is 0 Å². The van der Waals surface area contributed by atoms with E-state index in [4.69, 9.17) is 9.47 Å². The maximum Gasteiger partial charge on any atom is 0.408 e. The third-order valence-corrected chi connectivity index (χ3v) is 3.59. The lowest BCUT2D eigenvalue weighted by Crippen LogP contribution is -2.60. The average molecular weight is 270 g/mol. The average Bonchev–Trinajstić information content (AvgIpc) is 2.84. The van der Waals surface area contributed by atoms with Crippen LogP contribution in [0.3, 0.4) is 0 Å². The van der Waals surface area contributed by atoms with Crippen molar-refractivity contribution in [2.45, 2.75) is 63.6 Å². The Labute approximate surface area is 113 Å². The van der Waals surface area contributed by atoms with Crippen LogP contribution >= 0.6 is 0 Å². The van der Waals surface area contributed by atoms with Crippen LogP contribution in [0, 0.1) is 0 Å². The lowest BCUT2D eigenvalue weighted by atomic mass is 9.89. The largest absolute Gasteiger partial charge is 0.447 e. The van der Waals surface area contributed by atoms with Crippen molar-refractivity contribution in [2.24, 2.45) is 0 Å². The molecule has 6 nitrogen and oxygen atoms in total. The van der Waals surface area contributed by atoms with E-state index >= 15 is 0 Å². The Kier molecular flexibility index (Phi) is 3.60. The number of cyclic esters (lactones) is 1. The summed E-state index contributed by atoms with van der Waals surface area (Å²) in [6, 6.07) is -0.171. The predicted molar refractivity (Wildman–Crippen MR) is 68.8 cm³/mol. The minimum Gasteiger partial charge on any atom is -0.447 e. The van der Waals surface area contributed by atoms with Gasteiger partial charge in [0.25, 0.3) is 0 Å². The van der Waals surface area contributed by atoms with Crippen LogP contribution in [0.2, 0.25) is 0 Å². The molecule has 1 aliphatic carbocycles. The summed E-state index contributed by atoms with van der Waals surface area (Å²) in [5.41, 5.74) is -0.964. The Hall–Kier alpha value is -1.46. The molecule has 2 amide bonds. The van der Waals surface area contributed by atoms with E-state index in [1.807, 2.05) is 20.8 Å². The van der Waals surface area contributed by atoms with Crippen molar-refractivity contribution >= 4 is 12.2 Å². The second-order valence-electron chi connectivity index (χ2n) is 6.29. The van der Waals surface area contributed by atoms with Crippen molar-refractivity contribution in [3.8, 4) is 0 Å². The molecule has 1 aliphatic heterocycles. The Balaban J connectivity index is 2.03. The third kappa shape index (κ3) is 3.30. The van der Waals surface area contributed by atoms with E-state index in [9.17, 15) is 9.59 Å². The SMILES string of the molecule is CC(C)(C)OC(=O)NC1(C2COC(=O)N2)CCCC1. The lowest BCUT2D eigenvalue weighted by Gasteiger charge is -2.35. The van der Waals surface area contributed by atoms with Gasteiger partial charge in [0.15, 0.2) is 0 Å². The molecule has 2 N–H and O–H groups in total. The molecular formula is C13H22N2O4. The number of amides is 2. The highest BCUT2D eigenvalue weighted by atomic mass is 16.6. The van der Waals surface area contributed by atoms with E-state index in [1.54, 1.807) is 0 Å². The van der Waals surface area contributed by atoms with Crippen LogP contribution in [0.1, 0.15) is 46.5 Å². The summed E-state index contributed by atoms with van der Waals surface area (Å²) < 4.78 is 10.3. The Morgan fingerprint density at radius 2 is 2.05 bits per heavy atom. The Bertz CT molecular complexity index is 369. The van der Waals surface area contributed by atoms with E-state index in [2.05, 4.69) is 10.6 Å². The second kappa shape index (κ2) is 4.90. The van der Waals surface area contributed by atoms with Crippen LogP contribution in [-0.4, -0.2) is 36.0 Å². The first kappa shape index (κ1) is 14.0. The number of nitrogens with one attached hydrogen (secondary N) is 2. The van der Waals surface area contributed by atoms with Crippen molar-refractivity contribution < 1.29 is 19.1 Å². The quantitative estimate of drug-likeness (QED) is 0.804. The van der Waals surface area contributed by atoms with E-state index in [1.165, 1.54) is 0 Å². The maximum absolute atomic E-state index is 12.0. The standard InChI is InChI=1S/C13H22N2O4/c1-12(2,3)19-11(17)15-13(6-4-5-7-13)9-8-18-10(16)14-9/h9H,4-8H2,1-3H3,(H,14,16)(H,15,17). The van der Waals surface area contributed by atoms with Crippen molar-refractivity contribution in [3.63, 3.8) is 0 Å². The van der Waals surface area contributed by atoms with E-state index in [0.29, 0.717) is 6.61 Å². The van der Waals surface area contributed by atoms with Crippen LogP contribution < -0.4 is 10.6 Å². The third-order valence-electron chi connectivity index (χ3n) is 3.59. The second-order valence-corrected chi connectivity index (χ2v) is 6.29. The summed E-state index contributed by atoms with van der Waals surface area (Å²) >= 11 is 0. The number of hydrogen-bond donors (Lipinski definition) is 2. The van der Waals surface area contributed by atoms with Crippen molar-refractivity contribution in [1.29, 1.82) is 0 Å². The van der Waals surface area contributed by atoms with Crippen LogP contribution in [0.5, 0.6) is 0 Å². The summed E-state index contributed by atoms with van der Waals surface area (Å²) in [5, 5.41) is 5.73. The molecule has 1 saturated carbocycles. The predicted octanol–water partition coefficient (Wildman–Crippen LogP) is 1.93. The molecular weight excluding hydrogens is 248 g/mol. The van der Waals surface area contributed by atoms with Gasteiger partial charge in [0.1, 0.15) is 12.2 Å². The summed E-state index contributed by atoms with van der Waals surface area (Å²) in [4.78, 5) is 23.2. The first-order valence-corrected chi connectivity index (χ1v) is 6.75. The maximum atomic E-state index is 12.0. The molecule has 108 valence electrons. The van der Waals surface area contributed by atoms with Crippen molar-refractivity contribution in [1.82, 2.24) is 10.6 Å². The molecule has 0 aromatic rings. The molecule has 0 bridgehead atoms. The Morgan fingerprint density at radius 3 is 2.53 bits per heavy atom. The van der Waals surface area contributed by atoms with E-state index < -0.39 is 23.3 Å². The summed E-state index contributed by atoms with van der Waals surface area (Å²) in [7, 11) is 0. The Morgan fingerprint density at radius 1 is 1.42 bits per heavy atom. The molecule has 2 aliphatic rings. The smallest absolute Gasteiger partial charge is 0.408 e. The van der Waals surface area contributed by atoms with E-state index in [-0.39, 0.29) is 6.04 Å². The van der Waals surface area contributed by atoms with Gasteiger partial charge >= 0.3 is 12.2 Å². The van der Waals surface area contributed by atoms with Crippen molar-refractivity contribution in [3.05, 3.63) is 0 Å². The molecule has 1 saturated heterocycles. The topological polar surface area (TPSA) is 76.7 Å². The first-order valence-electron chi connectivity index (χ1n) is 6.75. The summed E-state index contributed by atoms with van der Waals surface area (Å²) in [6.07, 6.45) is 2.88. The molecule has 0 radical (unpaired) electrons. The van der Waals surface area contributed by atoms with Crippen LogP contribution in [0.15, 0.2) is 0 Å². The molecule has 6 heteroatoms. The van der Waals surface area contributed by atoms with Gasteiger partial charge in [0.2, 0.25) is 0 Å². The molecule has 1 heterocycles. The molecule has 0 aromatic carbocycles. The molecule has 19 heavy (non-hydrogen) atoms. The fourth-order valence-electron chi connectivity index (χ4n) is 2.76. The van der Waals surface area contributed by atoms with Gasteiger partial charge in [-0.05, 0) is 33.6 Å². The number of ether oxygens (including phenoxy) is 2. The van der Waals surface area contributed by atoms with E-state index in [0.717, 1.165) is 25.7 Å². The summed E-state index contributed by atoms with van der Waals surface area (Å²) in [6.45, 7) is 5.78. The number of alkyl carbamates (subject to hydrolysis) is 2. The lowest BCUT2D eigenvalue weighted by molar-refractivity contribution is 0.0429. The van der Waals surface area contributed by atoms with Crippen molar-refractivity contribution in [2.75, 3.05) is 6.61 Å². The highest BCUT2D eigenvalue weighted by Crippen LogP contribution is 2.34. The zero-order chi connectivity index (χ0) is 14.1. The van der Waals surface area contributed by atoms with Gasteiger partial charge < -0.3 is 20.1 Å². The number of rotatable bonds is 2. The first-order chi connectivity index (χ1) is 8.81. The number of carbonyl (C=O) groups excluding carboxylic acids is 2. The molecule has 1 atom stereocenters. The number of hydrogen-bond acceptors (Lipinski definition) is 4. The van der Waals surface area contributed by atoms with Gasteiger partial charge in [-0.25, -0.2) is 9.59 Å². The van der Waals surface area contributed by atoms with Crippen LogP contribution in [0.25, 0.3) is 0 Å². The van der Waals surface area contributed by atoms with Gasteiger partial charge in [-0.3, -0.25) is 0 Å². The highest BCUT2D eigenvalue weighted by molar-refractivity contribution is 5.72. The summed E-state index contributed by atoms with van der Waals surface area (Å²) in [5.74, 6) is 0. The normalized spacial score (nSPS) is 25.6. The number of carbonyl (C=O) groups is 2. The molecule has 2 fully saturated rings. The zero-order valence-electron chi connectivity index (χ0n) is 11.7. The van der Waals surface area contributed by atoms with Gasteiger partial charge in [0, 0.05) is 0 Å². The van der Waals surface area contributed by atoms with Crippen LogP contribution in [-0.2, 0) is 9.47 Å². The van der Waals surface area contributed by atoms with Gasteiger partial charge in [0.05, 0.1) is 11.6 Å². The molecule has 0 spiro atoms. The highest BCUT2D eigenvalue weighted by Gasteiger charge is 2.47. The fraction of sp³-hybridized carbons (Fsp3) is 0.846. The van der Waals surface area contributed by atoms with Gasteiger partial charge in [-0.1, -0.05) is 12.8 Å². The molecule has 1 unspecified atom stereocenters. The molecule has 0 aromatic heterocycles. The van der Waals surface area contributed by atoms with Gasteiger partial charge in [-0.2, -0.15) is 0 Å². The van der Waals surface area contributed by atoms with Crippen LogP contribution in [0.4, 0.5) is 9.59 Å². The monoisotopic (exact) mass is 270 g/mol.